The molecule has 0 unspecified atom stereocenters. The molecule has 0 amide bonds. The van der Waals surface area contributed by atoms with Crippen LogP contribution in [0.5, 0.6) is 0 Å². The van der Waals surface area contributed by atoms with Gasteiger partial charge in [-0.05, 0) is 11.1 Å². The molecule has 0 atom stereocenters. The van der Waals surface area contributed by atoms with Gasteiger partial charge in [0.15, 0.2) is 0 Å². The van der Waals surface area contributed by atoms with Gasteiger partial charge in [-0.25, -0.2) is 0 Å². The number of hydrogen-bond acceptors (Lipinski definition) is 2. The first-order chi connectivity index (χ1) is 6.34. The van der Waals surface area contributed by atoms with Crippen LogP contribution >= 0.6 is 0 Å². The van der Waals surface area contributed by atoms with Crippen molar-refractivity contribution < 1.29 is 9.84 Å². The van der Waals surface area contributed by atoms with E-state index in [1.807, 2.05) is 30.3 Å². The fourth-order valence-electron chi connectivity index (χ4n) is 1.02. The minimum atomic E-state index is 0.0576. The van der Waals surface area contributed by atoms with E-state index in [2.05, 4.69) is 6.58 Å². The maximum Gasteiger partial charge on any atom is 0.0718 e. The Hall–Kier alpha value is -1.12. The first-order valence-electron chi connectivity index (χ1n) is 4.26. The highest BCUT2D eigenvalue weighted by Gasteiger charge is 1.96. The number of rotatable bonds is 5. The molecule has 0 heterocycles. The van der Waals surface area contributed by atoms with Gasteiger partial charge in [-0.3, -0.25) is 0 Å². The van der Waals surface area contributed by atoms with Gasteiger partial charge in [0.1, 0.15) is 0 Å². The molecule has 1 aromatic rings. The second kappa shape index (κ2) is 5.51. The van der Waals surface area contributed by atoms with Crippen molar-refractivity contribution in [2.45, 2.75) is 0 Å². The monoisotopic (exact) mass is 178 g/mol. The smallest absolute Gasteiger partial charge is 0.0718 e. The fraction of sp³-hybridized carbons (Fsp3) is 0.273. The summed E-state index contributed by atoms with van der Waals surface area (Å²) < 4.78 is 5.15. The van der Waals surface area contributed by atoms with Crippen LogP contribution in [0.3, 0.4) is 0 Å². The summed E-state index contributed by atoms with van der Waals surface area (Å²) in [7, 11) is 0. The maximum absolute atomic E-state index is 8.50. The largest absolute Gasteiger partial charge is 0.394 e. The summed E-state index contributed by atoms with van der Waals surface area (Å²) >= 11 is 0. The Morgan fingerprint density at radius 1 is 1.31 bits per heavy atom. The minimum Gasteiger partial charge on any atom is -0.394 e. The summed E-state index contributed by atoms with van der Waals surface area (Å²) in [5.74, 6) is 0. The molecule has 2 nitrogen and oxygen atoms in total. The molecule has 0 aromatic heterocycles. The Morgan fingerprint density at radius 2 is 2.00 bits per heavy atom. The molecule has 1 aromatic carbocycles. The quantitative estimate of drug-likeness (QED) is 0.695. The van der Waals surface area contributed by atoms with E-state index in [9.17, 15) is 0 Å². The summed E-state index contributed by atoms with van der Waals surface area (Å²) in [5, 5.41) is 8.50. The molecular formula is C11H14O2. The van der Waals surface area contributed by atoms with Crippen molar-refractivity contribution in [3.05, 3.63) is 42.5 Å². The van der Waals surface area contributed by atoms with Gasteiger partial charge in [-0.1, -0.05) is 36.9 Å². The maximum atomic E-state index is 8.50. The lowest BCUT2D eigenvalue weighted by molar-refractivity contribution is 0.115. The van der Waals surface area contributed by atoms with Gasteiger partial charge in [-0.15, -0.1) is 0 Å². The molecule has 0 radical (unpaired) electrons. The van der Waals surface area contributed by atoms with Crippen LogP contribution in [0.4, 0.5) is 0 Å². The normalized spacial score (nSPS) is 9.92. The van der Waals surface area contributed by atoms with Crippen LogP contribution in [0.1, 0.15) is 5.56 Å². The van der Waals surface area contributed by atoms with E-state index in [0.29, 0.717) is 13.2 Å². The number of aliphatic hydroxyl groups excluding tert-OH is 1. The molecule has 0 saturated carbocycles. The third-order valence-electron chi connectivity index (χ3n) is 1.69. The lowest BCUT2D eigenvalue weighted by atomic mass is 10.1. The van der Waals surface area contributed by atoms with Gasteiger partial charge >= 0.3 is 0 Å². The van der Waals surface area contributed by atoms with Crippen LogP contribution in [0.25, 0.3) is 5.57 Å². The molecule has 0 fully saturated rings. The zero-order valence-corrected chi connectivity index (χ0v) is 7.57. The van der Waals surface area contributed by atoms with Crippen LogP contribution < -0.4 is 0 Å². The third-order valence-corrected chi connectivity index (χ3v) is 1.69. The summed E-state index contributed by atoms with van der Waals surface area (Å²) in [6, 6.07) is 9.87. The van der Waals surface area contributed by atoms with Crippen molar-refractivity contribution in [2.24, 2.45) is 0 Å². The van der Waals surface area contributed by atoms with Crippen molar-refractivity contribution in [2.75, 3.05) is 19.8 Å². The van der Waals surface area contributed by atoms with Crippen molar-refractivity contribution in [1.29, 1.82) is 0 Å². The Bertz CT molecular complexity index is 254. The van der Waals surface area contributed by atoms with Crippen LogP contribution in [-0.2, 0) is 4.74 Å². The molecule has 1 rings (SSSR count). The number of aliphatic hydroxyl groups is 1. The van der Waals surface area contributed by atoms with E-state index in [1.54, 1.807) is 0 Å². The lowest BCUT2D eigenvalue weighted by Crippen LogP contribution is -2.01. The van der Waals surface area contributed by atoms with Gasteiger partial charge in [0.05, 0.1) is 19.8 Å². The SMILES string of the molecule is C=C(COCCO)c1ccccc1. The number of benzene rings is 1. The van der Waals surface area contributed by atoms with Crippen LogP contribution in [0.15, 0.2) is 36.9 Å². The Labute approximate surface area is 78.5 Å². The molecule has 70 valence electrons. The van der Waals surface area contributed by atoms with Gasteiger partial charge in [0.25, 0.3) is 0 Å². The Kier molecular flexibility index (Phi) is 4.23. The summed E-state index contributed by atoms with van der Waals surface area (Å²) in [5.41, 5.74) is 2.02. The molecule has 0 spiro atoms. The molecule has 1 N–H and O–H groups in total. The van der Waals surface area contributed by atoms with E-state index in [4.69, 9.17) is 9.84 Å². The Balaban J connectivity index is 2.40. The topological polar surface area (TPSA) is 29.5 Å². The van der Waals surface area contributed by atoms with Crippen molar-refractivity contribution in [1.82, 2.24) is 0 Å². The average molecular weight is 178 g/mol. The van der Waals surface area contributed by atoms with Crippen LogP contribution in [-0.4, -0.2) is 24.9 Å². The molecule has 13 heavy (non-hydrogen) atoms. The van der Waals surface area contributed by atoms with E-state index >= 15 is 0 Å². The second-order valence-electron chi connectivity index (χ2n) is 2.75. The van der Waals surface area contributed by atoms with Crippen LogP contribution in [0.2, 0.25) is 0 Å². The minimum absolute atomic E-state index is 0.0576. The molecule has 0 aliphatic carbocycles. The summed E-state index contributed by atoms with van der Waals surface area (Å²) in [6.45, 7) is 4.79. The summed E-state index contributed by atoms with van der Waals surface area (Å²) in [4.78, 5) is 0. The lowest BCUT2D eigenvalue weighted by Gasteiger charge is -2.05. The second-order valence-corrected chi connectivity index (χ2v) is 2.75. The van der Waals surface area contributed by atoms with E-state index in [1.165, 1.54) is 0 Å². The molecule has 0 bridgehead atoms. The van der Waals surface area contributed by atoms with Gasteiger partial charge in [0, 0.05) is 0 Å². The molecular weight excluding hydrogens is 164 g/mol. The van der Waals surface area contributed by atoms with Crippen LogP contribution in [0, 0.1) is 0 Å². The van der Waals surface area contributed by atoms with Gasteiger partial charge < -0.3 is 9.84 Å². The first kappa shape index (κ1) is 9.96. The molecule has 0 aliphatic heterocycles. The highest BCUT2D eigenvalue weighted by molar-refractivity contribution is 5.63. The standard InChI is InChI=1S/C11H14O2/c1-10(9-13-8-7-12)11-5-3-2-4-6-11/h2-6,12H,1,7-9H2. The van der Waals surface area contributed by atoms with Crippen molar-refractivity contribution >= 4 is 5.57 Å². The molecule has 2 heteroatoms. The molecule has 0 aliphatic rings. The zero-order chi connectivity index (χ0) is 9.52. The highest BCUT2D eigenvalue weighted by atomic mass is 16.5. The summed E-state index contributed by atoms with van der Waals surface area (Å²) in [6.07, 6.45) is 0. The first-order valence-corrected chi connectivity index (χ1v) is 4.26. The highest BCUT2D eigenvalue weighted by Crippen LogP contribution is 2.11. The predicted octanol–water partition coefficient (Wildman–Crippen LogP) is 1.71. The Morgan fingerprint density at radius 3 is 2.62 bits per heavy atom. The van der Waals surface area contributed by atoms with E-state index in [0.717, 1.165) is 11.1 Å². The number of ether oxygens (including phenoxy) is 1. The number of hydrogen-bond donors (Lipinski definition) is 1. The predicted molar refractivity (Wildman–Crippen MR) is 53.4 cm³/mol. The zero-order valence-electron chi connectivity index (χ0n) is 7.57. The van der Waals surface area contributed by atoms with Gasteiger partial charge in [-0.2, -0.15) is 0 Å². The van der Waals surface area contributed by atoms with Crippen molar-refractivity contribution in [3.63, 3.8) is 0 Å². The van der Waals surface area contributed by atoms with Crippen molar-refractivity contribution in [3.8, 4) is 0 Å². The molecule has 0 saturated heterocycles. The van der Waals surface area contributed by atoms with Gasteiger partial charge in [0.2, 0.25) is 0 Å². The average Bonchev–Trinajstić information content (AvgIpc) is 2.19. The fourth-order valence-corrected chi connectivity index (χ4v) is 1.02. The third kappa shape index (κ3) is 3.40. The van der Waals surface area contributed by atoms with E-state index in [-0.39, 0.29) is 6.61 Å². The van der Waals surface area contributed by atoms with E-state index < -0.39 is 0 Å².